The quantitative estimate of drug-likeness (QED) is 0.833. The van der Waals surface area contributed by atoms with Crippen LogP contribution in [0.2, 0.25) is 0 Å². The van der Waals surface area contributed by atoms with Crippen molar-refractivity contribution in [1.29, 1.82) is 0 Å². The highest BCUT2D eigenvalue weighted by molar-refractivity contribution is 5.81. The fourth-order valence-corrected chi connectivity index (χ4v) is 4.18. The maximum Gasteiger partial charge on any atom is 0.239 e. The van der Waals surface area contributed by atoms with Gasteiger partial charge >= 0.3 is 0 Å². The van der Waals surface area contributed by atoms with Crippen LogP contribution in [0.1, 0.15) is 45.4 Å². The minimum atomic E-state index is -0.00842. The molecule has 3 aliphatic heterocycles. The van der Waals surface area contributed by atoms with Crippen LogP contribution in [0.25, 0.3) is 0 Å². The molecular weight excluding hydrogens is 238 g/mol. The molecule has 4 nitrogen and oxygen atoms in total. The Bertz CT molecular complexity index is 326. The van der Waals surface area contributed by atoms with Crippen LogP contribution in [-0.4, -0.2) is 60.0 Å². The van der Waals surface area contributed by atoms with Crippen molar-refractivity contribution in [3.63, 3.8) is 0 Å². The number of amides is 1. The molecule has 3 aliphatic rings. The maximum absolute atomic E-state index is 12.3. The largest absolute Gasteiger partial charge is 0.341 e. The average molecular weight is 265 g/mol. The Balaban J connectivity index is 1.52. The molecule has 0 aromatic rings. The van der Waals surface area contributed by atoms with Crippen LogP contribution < -0.4 is 5.32 Å². The summed E-state index contributed by atoms with van der Waals surface area (Å²) in [5.41, 5.74) is 0. The fourth-order valence-electron chi connectivity index (χ4n) is 4.18. The summed E-state index contributed by atoms with van der Waals surface area (Å²) in [6.07, 6.45) is 7.46. The van der Waals surface area contributed by atoms with Gasteiger partial charge in [0.05, 0.1) is 6.04 Å². The minimum Gasteiger partial charge on any atom is -0.341 e. The Morgan fingerprint density at radius 2 is 1.74 bits per heavy atom. The molecule has 0 aliphatic carbocycles. The van der Waals surface area contributed by atoms with Crippen LogP contribution in [0.3, 0.4) is 0 Å². The first-order chi connectivity index (χ1) is 9.15. The van der Waals surface area contributed by atoms with E-state index in [9.17, 15) is 4.79 Å². The Kier molecular flexibility index (Phi) is 3.81. The SMILES string of the molecule is CC(NC1CC2CCC(C1)N2C)C(=O)N1CCCC1. The molecule has 4 heteroatoms. The third kappa shape index (κ3) is 2.65. The zero-order valence-corrected chi connectivity index (χ0v) is 12.3. The lowest BCUT2D eigenvalue weighted by Gasteiger charge is -2.38. The Hall–Kier alpha value is -0.610. The number of rotatable bonds is 3. The van der Waals surface area contributed by atoms with Gasteiger partial charge in [0.2, 0.25) is 5.91 Å². The number of likely N-dealkylation sites (tertiary alicyclic amines) is 1. The number of nitrogens with one attached hydrogen (secondary N) is 1. The topological polar surface area (TPSA) is 35.6 Å². The van der Waals surface area contributed by atoms with Crippen molar-refractivity contribution in [3.05, 3.63) is 0 Å². The Morgan fingerprint density at radius 1 is 1.16 bits per heavy atom. The summed E-state index contributed by atoms with van der Waals surface area (Å²) < 4.78 is 0. The highest BCUT2D eigenvalue weighted by atomic mass is 16.2. The van der Waals surface area contributed by atoms with Crippen molar-refractivity contribution < 1.29 is 4.79 Å². The van der Waals surface area contributed by atoms with Crippen molar-refractivity contribution in [3.8, 4) is 0 Å². The summed E-state index contributed by atoms with van der Waals surface area (Å²) in [5.74, 6) is 0.309. The lowest BCUT2D eigenvalue weighted by Crippen LogP contribution is -2.53. The van der Waals surface area contributed by atoms with E-state index in [1.807, 2.05) is 11.8 Å². The predicted octanol–water partition coefficient (Wildman–Crippen LogP) is 1.21. The highest BCUT2D eigenvalue weighted by Gasteiger charge is 2.39. The summed E-state index contributed by atoms with van der Waals surface area (Å²) in [6, 6.07) is 2.01. The predicted molar refractivity (Wildman–Crippen MR) is 76.0 cm³/mol. The van der Waals surface area contributed by atoms with E-state index in [0.29, 0.717) is 11.9 Å². The van der Waals surface area contributed by atoms with Gasteiger partial charge in [-0.3, -0.25) is 4.79 Å². The van der Waals surface area contributed by atoms with Gasteiger partial charge in [-0.05, 0) is 52.5 Å². The van der Waals surface area contributed by atoms with Gasteiger partial charge in [-0.25, -0.2) is 0 Å². The Morgan fingerprint density at radius 3 is 2.32 bits per heavy atom. The number of fused-ring (bicyclic) bond motifs is 2. The molecule has 0 spiro atoms. The summed E-state index contributed by atoms with van der Waals surface area (Å²) in [4.78, 5) is 16.9. The van der Waals surface area contributed by atoms with E-state index in [4.69, 9.17) is 0 Å². The highest BCUT2D eigenvalue weighted by Crippen LogP contribution is 2.34. The van der Waals surface area contributed by atoms with E-state index < -0.39 is 0 Å². The molecule has 108 valence electrons. The average Bonchev–Trinajstić information content (AvgIpc) is 2.97. The van der Waals surface area contributed by atoms with Crippen LogP contribution >= 0.6 is 0 Å². The molecule has 0 radical (unpaired) electrons. The van der Waals surface area contributed by atoms with Gasteiger partial charge in [0.25, 0.3) is 0 Å². The summed E-state index contributed by atoms with van der Waals surface area (Å²) in [5, 5.41) is 3.60. The van der Waals surface area contributed by atoms with E-state index in [1.165, 1.54) is 38.5 Å². The molecular formula is C15H27N3O. The Labute approximate surface area is 116 Å². The molecule has 3 fully saturated rings. The van der Waals surface area contributed by atoms with Gasteiger partial charge in [-0.1, -0.05) is 0 Å². The molecule has 0 saturated carbocycles. The molecule has 2 bridgehead atoms. The molecule has 3 atom stereocenters. The van der Waals surface area contributed by atoms with E-state index in [0.717, 1.165) is 25.2 Å². The summed E-state index contributed by atoms with van der Waals surface area (Å²) >= 11 is 0. The van der Waals surface area contributed by atoms with Crippen molar-refractivity contribution in [2.24, 2.45) is 0 Å². The van der Waals surface area contributed by atoms with Crippen LogP contribution in [0.4, 0.5) is 0 Å². The molecule has 3 rings (SSSR count). The minimum absolute atomic E-state index is 0.00842. The van der Waals surface area contributed by atoms with Gasteiger partial charge in [0, 0.05) is 31.2 Å². The molecule has 1 N–H and O–H groups in total. The molecule has 3 unspecified atom stereocenters. The van der Waals surface area contributed by atoms with Crippen molar-refractivity contribution >= 4 is 5.91 Å². The number of nitrogens with zero attached hydrogens (tertiary/aromatic N) is 2. The zero-order valence-electron chi connectivity index (χ0n) is 12.3. The molecule has 3 saturated heterocycles. The van der Waals surface area contributed by atoms with E-state index in [-0.39, 0.29) is 6.04 Å². The number of carbonyl (C=O) groups excluding carboxylic acids is 1. The third-order valence-corrected chi connectivity index (χ3v) is 5.37. The molecule has 0 aromatic heterocycles. The van der Waals surface area contributed by atoms with E-state index >= 15 is 0 Å². The summed E-state index contributed by atoms with van der Waals surface area (Å²) in [6.45, 7) is 3.97. The number of carbonyl (C=O) groups is 1. The second-order valence-electron chi connectivity index (χ2n) is 6.64. The fraction of sp³-hybridized carbons (Fsp3) is 0.933. The molecule has 3 heterocycles. The van der Waals surface area contributed by atoms with Gasteiger partial charge in [-0.2, -0.15) is 0 Å². The first kappa shape index (κ1) is 13.4. The van der Waals surface area contributed by atoms with Gasteiger partial charge in [0.1, 0.15) is 0 Å². The standard InChI is InChI=1S/C15H27N3O/c1-11(15(19)18-7-3-4-8-18)16-12-9-13-5-6-14(10-12)17(13)2/h11-14,16H,3-10H2,1-2H3. The lowest BCUT2D eigenvalue weighted by atomic mass is 9.97. The van der Waals surface area contributed by atoms with Crippen LogP contribution in [0, 0.1) is 0 Å². The first-order valence-corrected chi connectivity index (χ1v) is 7.92. The van der Waals surface area contributed by atoms with Crippen LogP contribution in [0.15, 0.2) is 0 Å². The van der Waals surface area contributed by atoms with Gasteiger partial charge in [-0.15, -0.1) is 0 Å². The van der Waals surface area contributed by atoms with Gasteiger partial charge < -0.3 is 15.1 Å². The van der Waals surface area contributed by atoms with Crippen LogP contribution in [-0.2, 0) is 4.79 Å². The first-order valence-electron chi connectivity index (χ1n) is 7.92. The van der Waals surface area contributed by atoms with Crippen molar-refractivity contribution in [1.82, 2.24) is 15.1 Å². The molecule has 1 amide bonds. The number of hydrogen-bond donors (Lipinski definition) is 1. The normalized spacial score (nSPS) is 36.7. The number of hydrogen-bond acceptors (Lipinski definition) is 3. The van der Waals surface area contributed by atoms with Crippen molar-refractivity contribution in [2.75, 3.05) is 20.1 Å². The molecule has 19 heavy (non-hydrogen) atoms. The zero-order chi connectivity index (χ0) is 13.4. The maximum atomic E-state index is 12.3. The second-order valence-corrected chi connectivity index (χ2v) is 6.64. The lowest BCUT2D eigenvalue weighted by molar-refractivity contribution is -0.132. The van der Waals surface area contributed by atoms with E-state index in [2.05, 4.69) is 17.3 Å². The third-order valence-electron chi connectivity index (χ3n) is 5.37. The monoisotopic (exact) mass is 265 g/mol. The second kappa shape index (κ2) is 5.41. The molecule has 0 aromatic carbocycles. The smallest absolute Gasteiger partial charge is 0.239 e. The number of piperidine rings is 1. The van der Waals surface area contributed by atoms with Gasteiger partial charge in [0.15, 0.2) is 0 Å². The van der Waals surface area contributed by atoms with Crippen molar-refractivity contribution in [2.45, 2.75) is 69.6 Å². The summed E-state index contributed by atoms with van der Waals surface area (Å²) in [7, 11) is 2.26. The van der Waals surface area contributed by atoms with Crippen LogP contribution in [0.5, 0.6) is 0 Å². The van der Waals surface area contributed by atoms with E-state index in [1.54, 1.807) is 0 Å².